The molecule has 4 nitrogen and oxygen atoms in total. The maximum atomic E-state index is 12.7. The summed E-state index contributed by atoms with van der Waals surface area (Å²) in [6.45, 7) is -0.411. The zero-order chi connectivity index (χ0) is 15.4. The van der Waals surface area contributed by atoms with Gasteiger partial charge in [-0.05, 0) is 52.9 Å². The minimum absolute atomic E-state index is 0.383. The molecular weight excluding hydrogens is 405 g/mol. The van der Waals surface area contributed by atoms with Crippen LogP contribution < -0.4 is 4.90 Å². The van der Waals surface area contributed by atoms with Gasteiger partial charge in [0.05, 0.1) is 5.56 Å². The highest BCUT2D eigenvalue weighted by molar-refractivity contribution is 14.1. The summed E-state index contributed by atoms with van der Waals surface area (Å²) in [6, 6.07) is 13.6. The lowest BCUT2D eigenvalue weighted by Crippen LogP contribution is -2.36. The van der Waals surface area contributed by atoms with Crippen LogP contribution >= 0.6 is 34.2 Å². The van der Waals surface area contributed by atoms with Gasteiger partial charge in [-0.25, -0.2) is 0 Å². The van der Waals surface area contributed by atoms with Crippen molar-refractivity contribution in [2.24, 2.45) is 0 Å². The van der Waals surface area contributed by atoms with E-state index in [0.717, 1.165) is 0 Å². The molecule has 0 radical (unpaired) electrons. The Hall–Kier alpha value is -1.60. The van der Waals surface area contributed by atoms with Crippen LogP contribution in [0.5, 0.6) is 0 Å². The van der Waals surface area contributed by atoms with Crippen molar-refractivity contribution < 1.29 is 14.7 Å². The molecule has 0 saturated carbocycles. The average Bonchev–Trinajstić information content (AvgIpc) is 2.47. The highest BCUT2D eigenvalue weighted by Crippen LogP contribution is 2.22. The normalized spacial score (nSPS) is 10.2. The van der Waals surface area contributed by atoms with E-state index in [2.05, 4.69) is 0 Å². The van der Waals surface area contributed by atoms with Crippen molar-refractivity contribution >= 4 is 51.8 Å². The molecule has 0 bridgehead atoms. The fraction of sp³-hybridized carbons (Fsp3) is 0.0667. The molecule has 6 heteroatoms. The Bertz CT molecular complexity index is 676. The number of halogens is 2. The summed E-state index contributed by atoms with van der Waals surface area (Å²) in [5, 5.41) is 9.48. The molecule has 1 N–H and O–H groups in total. The van der Waals surface area contributed by atoms with Crippen LogP contribution in [0.3, 0.4) is 0 Å². The van der Waals surface area contributed by atoms with Crippen LogP contribution in [0.15, 0.2) is 48.5 Å². The predicted molar refractivity (Wildman–Crippen MR) is 89.9 cm³/mol. The number of anilines is 1. The van der Waals surface area contributed by atoms with Gasteiger partial charge in [0.2, 0.25) is 0 Å². The number of aliphatic carboxylic acids is 1. The van der Waals surface area contributed by atoms with Crippen molar-refractivity contribution in [2.75, 3.05) is 11.4 Å². The molecule has 2 aromatic carbocycles. The van der Waals surface area contributed by atoms with Crippen molar-refractivity contribution in [1.82, 2.24) is 0 Å². The van der Waals surface area contributed by atoms with Gasteiger partial charge in [-0.1, -0.05) is 29.8 Å². The van der Waals surface area contributed by atoms with E-state index in [1.54, 1.807) is 48.5 Å². The maximum Gasteiger partial charge on any atom is 0.323 e. The van der Waals surface area contributed by atoms with E-state index in [-0.39, 0.29) is 0 Å². The number of nitrogens with zero attached hydrogens (tertiary/aromatic N) is 1. The Morgan fingerprint density at radius 3 is 2.43 bits per heavy atom. The maximum absolute atomic E-state index is 12.7. The van der Waals surface area contributed by atoms with E-state index in [1.165, 1.54) is 4.90 Å². The fourth-order valence-corrected chi connectivity index (χ4v) is 2.57. The van der Waals surface area contributed by atoms with Crippen LogP contribution in [0.4, 0.5) is 5.69 Å². The Kier molecular flexibility index (Phi) is 5.19. The third kappa shape index (κ3) is 3.95. The van der Waals surface area contributed by atoms with Crippen molar-refractivity contribution in [3.8, 4) is 0 Å². The fourth-order valence-electron chi connectivity index (χ4n) is 1.83. The summed E-state index contributed by atoms with van der Waals surface area (Å²) in [5.41, 5.74) is 0.911. The minimum Gasteiger partial charge on any atom is -0.480 e. The topological polar surface area (TPSA) is 57.6 Å². The molecule has 0 spiro atoms. The number of carbonyl (C=O) groups excluding carboxylic acids is 1. The van der Waals surface area contributed by atoms with Gasteiger partial charge in [-0.3, -0.25) is 14.5 Å². The SMILES string of the molecule is O=C(O)CN(C(=O)c1cc(Cl)ccc1I)c1ccccc1. The van der Waals surface area contributed by atoms with Crippen LogP contribution in [-0.4, -0.2) is 23.5 Å². The van der Waals surface area contributed by atoms with E-state index in [0.29, 0.717) is 19.8 Å². The van der Waals surface area contributed by atoms with Gasteiger partial charge < -0.3 is 5.11 Å². The molecule has 108 valence electrons. The van der Waals surface area contributed by atoms with Gasteiger partial charge in [0, 0.05) is 14.3 Å². The molecule has 0 aliphatic carbocycles. The van der Waals surface area contributed by atoms with Gasteiger partial charge in [0.1, 0.15) is 6.54 Å². The highest BCUT2D eigenvalue weighted by Gasteiger charge is 2.22. The number of rotatable bonds is 4. The number of carbonyl (C=O) groups is 2. The second-order valence-corrected chi connectivity index (χ2v) is 5.84. The second kappa shape index (κ2) is 6.91. The Morgan fingerprint density at radius 1 is 1.14 bits per heavy atom. The summed E-state index contributed by atoms with van der Waals surface area (Å²) in [5.74, 6) is -1.47. The van der Waals surface area contributed by atoms with Crippen LogP contribution in [0, 0.1) is 3.57 Å². The lowest BCUT2D eigenvalue weighted by atomic mass is 10.1. The Morgan fingerprint density at radius 2 is 1.81 bits per heavy atom. The first-order chi connectivity index (χ1) is 9.99. The summed E-state index contributed by atoms with van der Waals surface area (Å²) >= 11 is 7.95. The van der Waals surface area contributed by atoms with Crippen LogP contribution in [0.25, 0.3) is 0 Å². The van der Waals surface area contributed by atoms with Gasteiger partial charge in [-0.15, -0.1) is 0 Å². The summed E-state index contributed by atoms with van der Waals surface area (Å²) in [7, 11) is 0. The Labute approximate surface area is 140 Å². The van der Waals surface area contributed by atoms with Crippen molar-refractivity contribution in [2.45, 2.75) is 0 Å². The lowest BCUT2D eigenvalue weighted by molar-refractivity contribution is -0.135. The summed E-state index contributed by atoms with van der Waals surface area (Å²) in [4.78, 5) is 24.9. The van der Waals surface area contributed by atoms with Crippen LogP contribution in [0.2, 0.25) is 5.02 Å². The number of para-hydroxylation sites is 1. The number of hydrogen-bond donors (Lipinski definition) is 1. The summed E-state index contributed by atoms with van der Waals surface area (Å²) < 4.78 is 0.716. The number of carboxylic acid groups (broad SMARTS) is 1. The van der Waals surface area contributed by atoms with Gasteiger partial charge in [-0.2, -0.15) is 0 Å². The third-order valence-electron chi connectivity index (χ3n) is 2.77. The van der Waals surface area contributed by atoms with Crippen LogP contribution in [-0.2, 0) is 4.79 Å². The minimum atomic E-state index is -1.08. The molecule has 0 heterocycles. The molecule has 2 aromatic rings. The van der Waals surface area contributed by atoms with Gasteiger partial charge in [0.15, 0.2) is 0 Å². The molecule has 0 aliphatic heterocycles. The average molecular weight is 416 g/mol. The zero-order valence-electron chi connectivity index (χ0n) is 10.8. The first kappa shape index (κ1) is 15.8. The smallest absolute Gasteiger partial charge is 0.323 e. The van der Waals surface area contributed by atoms with E-state index in [1.807, 2.05) is 22.6 Å². The third-order valence-corrected chi connectivity index (χ3v) is 3.94. The van der Waals surface area contributed by atoms with E-state index >= 15 is 0 Å². The molecular formula is C15H11ClINO3. The number of amides is 1. The molecule has 0 aromatic heterocycles. The molecule has 0 fully saturated rings. The molecule has 2 rings (SSSR count). The number of benzene rings is 2. The van der Waals surface area contributed by atoms with Crippen molar-refractivity contribution in [3.05, 3.63) is 62.7 Å². The molecule has 0 aliphatic rings. The van der Waals surface area contributed by atoms with Crippen molar-refractivity contribution in [1.29, 1.82) is 0 Å². The molecule has 21 heavy (non-hydrogen) atoms. The lowest BCUT2D eigenvalue weighted by Gasteiger charge is -2.21. The number of carboxylic acids is 1. The van der Waals surface area contributed by atoms with E-state index in [9.17, 15) is 9.59 Å². The predicted octanol–water partition coefficient (Wildman–Crippen LogP) is 3.68. The molecule has 1 amide bonds. The molecule has 0 saturated heterocycles. The van der Waals surface area contributed by atoms with E-state index < -0.39 is 18.4 Å². The van der Waals surface area contributed by atoms with E-state index in [4.69, 9.17) is 16.7 Å². The highest BCUT2D eigenvalue weighted by atomic mass is 127. The monoisotopic (exact) mass is 415 g/mol. The first-order valence-corrected chi connectivity index (χ1v) is 7.48. The molecule has 0 unspecified atom stereocenters. The summed E-state index contributed by atoms with van der Waals surface area (Å²) in [6.07, 6.45) is 0. The zero-order valence-corrected chi connectivity index (χ0v) is 13.7. The number of hydrogen-bond acceptors (Lipinski definition) is 2. The largest absolute Gasteiger partial charge is 0.480 e. The van der Waals surface area contributed by atoms with Gasteiger partial charge >= 0.3 is 5.97 Å². The Balaban J connectivity index is 2.43. The quantitative estimate of drug-likeness (QED) is 0.775. The van der Waals surface area contributed by atoms with Gasteiger partial charge in [0.25, 0.3) is 5.91 Å². The second-order valence-electron chi connectivity index (χ2n) is 4.24. The first-order valence-electron chi connectivity index (χ1n) is 6.03. The standard InChI is InChI=1S/C15H11ClINO3/c16-10-6-7-13(17)12(8-10)15(21)18(9-14(19)20)11-4-2-1-3-5-11/h1-8H,9H2,(H,19,20). The van der Waals surface area contributed by atoms with Crippen LogP contribution in [0.1, 0.15) is 10.4 Å². The molecule has 0 atom stereocenters. The van der Waals surface area contributed by atoms with Crippen molar-refractivity contribution in [3.63, 3.8) is 0 Å².